The predicted octanol–water partition coefficient (Wildman–Crippen LogP) is 4.93. The lowest BCUT2D eigenvalue weighted by atomic mass is 9.77. The van der Waals surface area contributed by atoms with E-state index < -0.39 is 0 Å². The summed E-state index contributed by atoms with van der Waals surface area (Å²) in [6.07, 6.45) is 0.667. The maximum absolute atomic E-state index is 13.9. The zero-order chi connectivity index (χ0) is 15.3. The van der Waals surface area contributed by atoms with Crippen LogP contribution in [-0.4, -0.2) is 13.1 Å². The van der Waals surface area contributed by atoms with Gasteiger partial charge in [-0.2, -0.15) is 0 Å². The first kappa shape index (κ1) is 17.5. The summed E-state index contributed by atoms with van der Waals surface area (Å²) in [6.45, 7) is 12.8. The minimum absolute atomic E-state index is 0.107. The number of benzene rings is 1. The molecule has 114 valence electrons. The van der Waals surface area contributed by atoms with Crippen LogP contribution >= 0.6 is 11.6 Å². The molecule has 0 heterocycles. The highest BCUT2D eigenvalue weighted by molar-refractivity contribution is 6.31. The van der Waals surface area contributed by atoms with Crippen LogP contribution in [0.2, 0.25) is 5.02 Å². The number of hydrogen-bond acceptors (Lipinski definition) is 1. The molecule has 1 rings (SSSR count). The molecule has 0 saturated heterocycles. The van der Waals surface area contributed by atoms with Gasteiger partial charge in [0.05, 0.1) is 0 Å². The van der Waals surface area contributed by atoms with Gasteiger partial charge < -0.3 is 5.32 Å². The van der Waals surface area contributed by atoms with Crippen molar-refractivity contribution in [3.8, 4) is 0 Å². The predicted molar refractivity (Wildman–Crippen MR) is 85.8 cm³/mol. The summed E-state index contributed by atoms with van der Waals surface area (Å²) in [7, 11) is 0. The molecule has 20 heavy (non-hydrogen) atoms. The fraction of sp³-hybridized carbons (Fsp3) is 0.647. The van der Waals surface area contributed by atoms with Gasteiger partial charge in [-0.05, 0) is 48.9 Å². The molecule has 0 aromatic heterocycles. The van der Waals surface area contributed by atoms with E-state index in [4.69, 9.17) is 11.6 Å². The number of hydrogen-bond donors (Lipinski definition) is 1. The van der Waals surface area contributed by atoms with Crippen LogP contribution in [0, 0.1) is 23.1 Å². The molecule has 0 spiro atoms. The van der Waals surface area contributed by atoms with E-state index in [1.54, 1.807) is 12.1 Å². The van der Waals surface area contributed by atoms with Crippen molar-refractivity contribution < 1.29 is 4.39 Å². The zero-order valence-electron chi connectivity index (χ0n) is 13.3. The smallest absolute Gasteiger partial charge is 0.127 e. The van der Waals surface area contributed by atoms with Crippen LogP contribution in [0.3, 0.4) is 0 Å². The molecule has 1 N–H and O–H groups in total. The lowest BCUT2D eigenvalue weighted by molar-refractivity contribution is 0.227. The van der Waals surface area contributed by atoms with E-state index in [9.17, 15) is 4.39 Å². The van der Waals surface area contributed by atoms with E-state index >= 15 is 0 Å². The Labute approximate surface area is 127 Å². The van der Waals surface area contributed by atoms with Gasteiger partial charge in [-0.3, -0.25) is 0 Å². The van der Waals surface area contributed by atoms with Gasteiger partial charge in [0.25, 0.3) is 0 Å². The van der Waals surface area contributed by atoms with E-state index in [1.165, 1.54) is 6.07 Å². The van der Waals surface area contributed by atoms with Gasteiger partial charge in [-0.25, -0.2) is 4.39 Å². The average molecular weight is 300 g/mol. The first-order valence-corrected chi connectivity index (χ1v) is 7.73. The van der Waals surface area contributed by atoms with Crippen molar-refractivity contribution in [3.05, 3.63) is 34.6 Å². The molecule has 1 nitrogen and oxygen atoms in total. The van der Waals surface area contributed by atoms with Gasteiger partial charge in [0.2, 0.25) is 0 Å². The lowest BCUT2D eigenvalue weighted by Crippen LogP contribution is -2.35. The number of halogens is 2. The van der Waals surface area contributed by atoms with E-state index in [-0.39, 0.29) is 11.2 Å². The third kappa shape index (κ3) is 5.41. The van der Waals surface area contributed by atoms with Crippen LogP contribution in [-0.2, 0) is 6.42 Å². The molecule has 0 fully saturated rings. The SMILES string of the molecule is CC(C)CNCC(Cc1c(F)cccc1Cl)C(C)(C)C. The van der Waals surface area contributed by atoms with Gasteiger partial charge >= 0.3 is 0 Å². The van der Waals surface area contributed by atoms with Crippen LogP contribution in [0.4, 0.5) is 4.39 Å². The van der Waals surface area contributed by atoms with Gasteiger partial charge in [0.1, 0.15) is 5.82 Å². The van der Waals surface area contributed by atoms with E-state index in [0.717, 1.165) is 13.1 Å². The van der Waals surface area contributed by atoms with Crippen LogP contribution in [0.25, 0.3) is 0 Å². The third-order valence-corrected chi connectivity index (χ3v) is 4.03. The highest BCUT2D eigenvalue weighted by atomic mass is 35.5. The highest BCUT2D eigenvalue weighted by Crippen LogP contribution is 2.31. The molecule has 0 bridgehead atoms. The fourth-order valence-corrected chi connectivity index (χ4v) is 2.44. The maximum atomic E-state index is 13.9. The van der Waals surface area contributed by atoms with Crippen molar-refractivity contribution in [2.24, 2.45) is 17.3 Å². The lowest BCUT2D eigenvalue weighted by Gasteiger charge is -2.32. The second-order valence-electron chi connectivity index (χ2n) is 7.02. The number of rotatable bonds is 6. The quantitative estimate of drug-likeness (QED) is 0.785. The van der Waals surface area contributed by atoms with Gasteiger partial charge in [0, 0.05) is 10.6 Å². The van der Waals surface area contributed by atoms with Crippen molar-refractivity contribution in [2.45, 2.75) is 41.0 Å². The van der Waals surface area contributed by atoms with Crippen molar-refractivity contribution in [2.75, 3.05) is 13.1 Å². The molecule has 1 unspecified atom stereocenters. The van der Waals surface area contributed by atoms with Gasteiger partial charge in [-0.15, -0.1) is 0 Å². The minimum atomic E-state index is -0.199. The van der Waals surface area contributed by atoms with E-state index in [1.807, 2.05) is 0 Å². The summed E-state index contributed by atoms with van der Waals surface area (Å²) in [5.74, 6) is 0.763. The van der Waals surface area contributed by atoms with Crippen LogP contribution in [0.5, 0.6) is 0 Å². The second kappa shape index (κ2) is 7.42. The molecule has 0 amide bonds. The molecule has 3 heteroatoms. The molecule has 1 atom stereocenters. The maximum Gasteiger partial charge on any atom is 0.127 e. The fourth-order valence-electron chi connectivity index (χ4n) is 2.20. The number of nitrogens with one attached hydrogen (secondary N) is 1. The Bertz CT molecular complexity index is 403. The molecule has 0 aliphatic carbocycles. The van der Waals surface area contributed by atoms with Crippen LogP contribution in [0.1, 0.15) is 40.2 Å². The Morgan fingerprint density at radius 3 is 2.35 bits per heavy atom. The first-order chi connectivity index (χ1) is 9.21. The molecule has 1 aromatic rings. The Balaban J connectivity index is 2.80. The minimum Gasteiger partial charge on any atom is -0.316 e. The average Bonchev–Trinajstić information content (AvgIpc) is 2.29. The third-order valence-electron chi connectivity index (χ3n) is 3.68. The summed E-state index contributed by atoms with van der Waals surface area (Å²) in [4.78, 5) is 0. The summed E-state index contributed by atoms with van der Waals surface area (Å²) < 4.78 is 13.9. The Kier molecular flexibility index (Phi) is 6.47. The van der Waals surface area contributed by atoms with Crippen LogP contribution < -0.4 is 5.32 Å². The summed E-state index contributed by atoms with van der Waals surface area (Å²) in [5.41, 5.74) is 0.746. The molecule has 0 radical (unpaired) electrons. The van der Waals surface area contributed by atoms with E-state index in [2.05, 4.69) is 39.9 Å². The molecule has 0 aliphatic rings. The van der Waals surface area contributed by atoms with Crippen molar-refractivity contribution in [3.63, 3.8) is 0 Å². The van der Waals surface area contributed by atoms with Crippen molar-refractivity contribution in [1.82, 2.24) is 5.32 Å². The standard InChI is InChI=1S/C17H27ClFN/c1-12(2)10-20-11-13(17(3,4)5)9-14-15(18)7-6-8-16(14)19/h6-8,12-13,20H,9-11H2,1-5H3. The molecule has 1 aromatic carbocycles. The van der Waals surface area contributed by atoms with E-state index in [0.29, 0.717) is 28.8 Å². The van der Waals surface area contributed by atoms with Gasteiger partial charge in [-0.1, -0.05) is 52.3 Å². The second-order valence-corrected chi connectivity index (χ2v) is 7.43. The monoisotopic (exact) mass is 299 g/mol. The topological polar surface area (TPSA) is 12.0 Å². The Morgan fingerprint density at radius 2 is 1.85 bits per heavy atom. The molecule has 0 saturated carbocycles. The normalized spacial score (nSPS) is 13.8. The summed E-state index contributed by atoms with van der Waals surface area (Å²) >= 11 is 6.15. The highest BCUT2D eigenvalue weighted by Gasteiger charge is 2.26. The zero-order valence-corrected chi connectivity index (χ0v) is 14.0. The van der Waals surface area contributed by atoms with Crippen molar-refractivity contribution >= 4 is 11.6 Å². The first-order valence-electron chi connectivity index (χ1n) is 7.35. The van der Waals surface area contributed by atoms with Gasteiger partial charge in [0.15, 0.2) is 0 Å². The summed E-state index contributed by atoms with van der Waals surface area (Å²) in [6, 6.07) is 4.91. The Morgan fingerprint density at radius 1 is 1.20 bits per heavy atom. The molecule has 0 aliphatic heterocycles. The Hall–Kier alpha value is -0.600. The van der Waals surface area contributed by atoms with Crippen LogP contribution in [0.15, 0.2) is 18.2 Å². The molecular formula is C17H27ClFN. The summed E-state index contributed by atoms with van der Waals surface area (Å²) in [5, 5.41) is 4.02. The van der Waals surface area contributed by atoms with Crippen molar-refractivity contribution in [1.29, 1.82) is 0 Å². The largest absolute Gasteiger partial charge is 0.316 e. The molecular weight excluding hydrogens is 273 g/mol.